The average Bonchev–Trinajstić information content (AvgIpc) is 3.10. The van der Waals surface area contributed by atoms with E-state index in [4.69, 9.17) is 4.74 Å². The highest BCUT2D eigenvalue weighted by molar-refractivity contribution is 5.63. The van der Waals surface area contributed by atoms with Crippen molar-refractivity contribution in [1.82, 2.24) is 0 Å². The second-order valence-corrected chi connectivity index (χ2v) is 6.28. The molecule has 1 N–H and O–H groups in total. The Labute approximate surface area is 140 Å². The molecule has 1 aliphatic carbocycles. The SMILES string of the molecule is COc1ccc(C2Nc3ccc([N+](=O)[O-])cc3C3C=CCC32)cc1. The summed E-state index contributed by atoms with van der Waals surface area (Å²) in [6.45, 7) is 0. The lowest BCUT2D eigenvalue weighted by molar-refractivity contribution is -0.384. The first kappa shape index (κ1) is 14.8. The molecule has 24 heavy (non-hydrogen) atoms. The number of nitro groups is 1. The van der Waals surface area contributed by atoms with Crippen molar-refractivity contribution in [2.45, 2.75) is 18.4 Å². The first-order valence-electron chi connectivity index (χ1n) is 8.03. The van der Waals surface area contributed by atoms with Gasteiger partial charge < -0.3 is 10.1 Å². The summed E-state index contributed by atoms with van der Waals surface area (Å²) in [5.41, 5.74) is 3.36. The zero-order valence-electron chi connectivity index (χ0n) is 13.3. The van der Waals surface area contributed by atoms with E-state index in [1.165, 1.54) is 5.56 Å². The van der Waals surface area contributed by atoms with Crippen molar-refractivity contribution in [2.24, 2.45) is 5.92 Å². The number of benzene rings is 2. The van der Waals surface area contributed by atoms with Crippen molar-refractivity contribution in [3.63, 3.8) is 0 Å². The molecule has 3 atom stereocenters. The summed E-state index contributed by atoms with van der Waals surface area (Å²) in [5, 5.41) is 14.7. The molecule has 0 bridgehead atoms. The molecule has 0 spiro atoms. The van der Waals surface area contributed by atoms with Crippen LogP contribution >= 0.6 is 0 Å². The van der Waals surface area contributed by atoms with Crippen LogP contribution in [0.25, 0.3) is 0 Å². The van der Waals surface area contributed by atoms with E-state index in [-0.39, 0.29) is 22.6 Å². The Kier molecular flexibility index (Phi) is 3.49. The zero-order chi connectivity index (χ0) is 16.7. The van der Waals surface area contributed by atoms with Crippen LogP contribution in [-0.2, 0) is 0 Å². The van der Waals surface area contributed by atoms with Crippen molar-refractivity contribution in [1.29, 1.82) is 0 Å². The van der Waals surface area contributed by atoms with Crippen LogP contribution in [0, 0.1) is 16.0 Å². The second-order valence-electron chi connectivity index (χ2n) is 6.28. The molecule has 0 saturated carbocycles. The van der Waals surface area contributed by atoms with Gasteiger partial charge in [-0.05, 0) is 41.7 Å². The molecule has 0 amide bonds. The number of ether oxygens (including phenoxy) is 1. The fraction of sp³-hybridized carbons (Fsp3) is 0.263. The number of methoxy groups -OCH3 is 1. The molecule has 5 nitrogen and oxygen atoms in total. The number of anilines is 1. The van der Waals surface area contributed by atoms with Crippen LogP contribution in [0.4, 0.5) is 11.4 Å². The van der Waals surface area contributed by atoms with E-state index in [1.807, 2.05) is 18.2 Å². The summed E-state index contributed by atoms with van der Waals surface area (Å²) < 4.78 is 5.24. The van der Waals surface area contributed by atoms with Crippen molar-refractivity contribution in [3.8, 4) is 5.75 Å². The standard InChI is InChI=1S/C19H18N2O3/c1-24-14-8-5-12(6-9-14)19-16-4-2-3-15(16)17-11-13(21(22)23)7-10-18(17)20-19/h2-3,5-11,15-16,19-20H,4H2,1H3. The average molecular weight is 322 g/mol. The van der Waals surface area contributed by atoms with Gasteiger partial charge in [-0.1, -0.05) is 24.3 Å². The molecule has 4 rings (SSSR count). The summed E-state index contributed by atoms with van der Waals surface area (Å²) >= 11 is 0. The molecule has 2 aromatic carbocycles. The van der Waals surface area contributed by atoms with E-state index in [0.717, 1.165) is 23.4 Å². The summed E-state index contributed by atoms with van der Waals surface area (Å²) in [6, 6.07) is 13.4. The van der Waals surface area contributed by atoms with Crippen molar-refractivity contribution < 1.29 is 9.66 Å². The molecule has 2 aromatic rings. The Morgan fingerprint density at radius 3 is 2.71 bits per heavy atom. The number of nitro benzene ring substituents is 1. The number of non-ortho nitro benzene ring substituents is 1. The van der Waals surface area contributed by atoms with Gasteiger partial charge in [0.05, 0.1) is 18.1 Å². The molecule has 3 unspecified atom stereocenters. The predicted octanol–water partition coefficient (Wildman–Crippen LogP) is 4.43. The smallest absolute Gasteiger partial charge is 0.269 e. The van der Waals surface area contributed by atoms with Crippen molar-refractivity contribution >= 4 is 11.4 Å². The number of hydrogen-bond acceptors (Lipinski definition) is 4. The Balaban J connectivity index is 1.73. The minimum atomic E-state index is -0.330. The highest BCUT2D eigenvalue weighted by Gasteiger charge is 2.38. The van der Waals surface area contributed by atoms with Gasteiger partial charge in [0.25, 0.3) is 5.69 Å². The molecule has 0 fully saturated rings. The van der Waals surface area contributed by atoms with Crippen LogP contribution in [0.5, 0.6) is 5.75 Å². The van der Waals surface area contributed by atoms with E-state index in [0.29, 0.717) is 5.92 Å². The lowest BCUT2D eigenvalue weighted by Crippen LogP contribution is -2.29. The van der Waals surface area contributed by atoms with Crippen LogP contribution in [0.3, 0.4) is 0 Å². The topological polar surface area (TPSA) is 64.4 Å². The maximum Gasteiger partial charge on any atom is 0.269 e. The molecule has 0 saturated heterocycles. The van der Waals surface area contributed by atoms with E-state index in [2.05, 4.69) is 29.6 Å². The van der Waals surface area contributed by atoms with Gasteiger partial charge in [-0.25, -0.2) is 0 Å². The van der Waals surface area contributed by atoms with Gasteiger partial charge in [0, 0.05) is 23.7 Å². The third kappa shape index (κ3) is 2.33. The maximum atomic E-state index is 11.1. The lowest BCUT2D eigenvalue weighted by Gasteiger charge is -2.37. The quantitative estimate of drug-likeness (QED) is 0.516. The molecule has 0 radical (unpaired) electrons. The van der Waals surface area contributed by atoms with Crippen LogP contribution in [-0.4, -0.2) is 12.0 Å². The van der Waals surface area contributed by atoms with Crippen LogP contribution in [0.1, 0.15) is 29.5 Å². The number of fused-ring (bicyclic) bond motifs is 3. The highest BCUT2D eigenvalue weighted by atomic mass is 16.6. The second kappa shape index (κ2) is 5.67. The fourth-order valence-corrected chi connectivity index (χ4v) is 3.84. The van der Waals surface area contributed by atoms with E-state index in [9.17, 15) is 10.1 Å². The normalized spacial score (nSPS) is 24.0. The molecular weight excluding hydrogens is 304 g/mol. The minimum absolute atomic E-state index is 0.150. The van der Waals surface area contributed by atoms with Gasteiger partial charge in [-0.3, -0.25) is 10.1 Å². The summed E-state index contributed by atoms with van der Waals surface area (Å²) in [5.74, 6) is 1.42. The minimum Gasteiger partial charge on any atom is -0.497 e. The molecule has 2 aliphatic rings. The summed E-state index contributed by atoms with van der Waals surface area (Å²) in [4.78, 5) is 10.8. The third-order valence-electron chi connectivity index (χ3n) is 5.03. The Bertz CT molecular complexity index is 814. The van der Waals surface area contributed by atoms with Crippen molar-refractivity contribution in [3.05, 3.63) is 75.9 Å². The maximum absolute atomic E-state index is 11.1. The molecular formula is C19H18N2O3. The fourth-order valence-electron chi connectivity index (χ4n) is 3.84. The monoisotopic (exact) mass is 322 g/mol. The first-order chi connectivity index (χ1) is 11.7. The molecule has 122 valence electrons. The van der Waals surface area contributed by atoms with E-state index < -0.39 is 0 Å². The zero-order valence-corrected chi connectivity index (χ0v) is 13.3. The van der Waals surface area contributed by atoms with Gasteiger partial charge in [-0.15, -0.1) is 0 Å². The molecule has 0 aromatic heterocycles. The van der Waals surface area contributed by atoms with Gasteiger partial charge >= 0.3 is 0 Å². The Morgan fingerprint density at radius 1 is 1.21 bits per heavy atom. The predicted molar refractivity (Wildman–Crippen MR) is 92.4 cm³/mol. The Hall–Kier alpha value is -2.82. The van der Waals surface area contributed by atoms with Crippen LogP contribution in [0.15, 0.2) is 54.6 Å². The van der Waals surface area contributed by atoms with Crippen molar-refractivity contribution in [2.75, 3.05) is 12.4 Å². The number of rotatable bonds is 3. The molecule has 1 heterocycles. The van der Waals surface area contributed by atoms with E-state index in [1.54, 1.807) is 19.2 Å². The van der Waals surface area contributed by atoms with Crippen LogP contribution < -0.4 is 10.1 Å². The van der Waals surface area contributed by atoms with E-state index >= 15 is 0 Å². The number of allylic oxidation sites excluding steroid dienone is 2. The lowest BCUT2D eigenvalue weighted by atomic mass is 9.77. The third-order valence-corrected chi connectivity index (χ3v) is 5.03. The summed E-state index contributed by atoms with van der Waals surface area (Å²) in [6.07, 6.45) is 5.34. The van der Waals surface area contributed by atoms with Gasteiger partial charge in [0.1, 0.15) is 5.75 Å². The molecule has 1 aliphatic heterocycles. The van der Waals surface area contributed by atoms with Crippen LogP contribution in [0.2, 0.25) is 0 Å². The van der Waals surface area contributed by atoms with Gasteiger partial charge in [-0.2, -0.15) is 0 Å². The largest absolute Gasteiger partial charge is 0.497 e. The van der Waals surface area contributed by atoms with Gasteiger partial charge in [0.15, 0.2) is 0 Å². The number of nitrogens with zero attached hydrogens (tertiary/aromatic N) is 1. The highest BCUT2D eigenvalue weighted by Crippen LogP contribution is 2.50. The molecule has 5 heteroatoms. The number of nitrogens with one attached hydrogen (secondary N) is 1. The first-order valence-corrected chi connectivity index (χ1v) is 8.03. The van der Waals surface area contributed by atoms with Gasteiger partial charge in [0.2, 0.25) is 0 Å². The number of hydrogen-bond donors (Lipinski definition) is 1. The summed E-state index contributed by atoms with van der Waals surface area (Å²) in [7, 11) is 1.66. The Morgan fingerprint density at radius 2 is 2.00 bits per heavy atom.